The Balaban J connectivity index is 1.56. The molecular weight excluding hydrogens is 376 g/mol. The molecule has 0 aromatic heterocycles. The number of alkyl carbamates (subject to hydrolysis) is 1. The Morgan fingerprint density at radius 1 is 1.10 bits per heavy atom. The highest BCUT2D eigenvalue weighted by Crippen LogP contribution is 2.31. The molecule has 148 valence electrons. The van der Waals surface area contributed by atoms with Gasteiger partial charge in [-0.2, -0.15) is 0 Å². The van der Waals surface area contributed by atoms with E-state index in [0.29, 0.717) is 5.69 Å². The summed E-state index contributed by atoms with van der Waals surface area (Å²) < 4.78 is 10.1. The number of nitrogens with zero attached hydrogens (tertiary/aromatic N) is 1. The van der Waals surface area contributed by atoms with Crippen molar-refractivity contribution in [2.45, 2.75) is 20.0 Å². The van der Waals surface area contributed by atoms with E-state index < -0.39 is 30.0 Å². The monoisotopic (exact) mass is 394 g/mol. The lowest BCUT2D eigenvalue weighted by molar-refractivity contribution is 0.0300. The molecule has 2 aliphatic rings. The van der Waals surface area contributed by atoms with Crippen LogP contribution >= 0.6 is 0 Å². The van der Waals surface area contributed by atoms with Gasteiger partial charge in [-0.05, 0) is 49.2 Å². The number of amides is 3. The number of ether oxygens (including phenoxy) is 2. The molecule has 1 N–H and O–H groups in total. The quantitative estimate of drug-likeness (QED) is 0.631. The Morgan fingerprint density at radius 2 is 1.86 bits per heavy atom. The summed E-state index contributed by atoms with van der Waals surface area (Å²) >= 11 is 0. The summed E-state index contributed by atoms with van der Waals surface area (Å²) in [7, 11) is 0. The minimum atomic E-state index is -0.666. The van der Waals surface area contributed by atoms with Gasteiger partial charge >= 0.3 is 12.1 Å². The summed E-state index contributed by atoms with van der Waals surface area (Å²) in [6.07, 6.45) is -1.11. The van der Waals surface area contributed by atoms with Crippen LogP contribution in [-0.4, -0.2) is 43.1 Å². The van der Waals surface area contributed by atoms with Crippen LogP contribution in [0.1, 0.15) is 42.2 Å². The van der Waals surface area contributed by atoms with Crippen LogP contribution in [0.5, 0.6) is 0 Å². The lowest BCUT2D eigenvalue weighted by Crippen LogP contribution is -2.30. The van der Waals surface area contributed by atoms with Gasteiger partial charge in [0.05, 0.1) is 28.9 Å². The zero-order valence-electron chi connectivity index (χ0n) is 15.9. The van der Waals surface area contributed by atoms with Crippen LogP contribution in [0.15, 0.2) is 36.4 Å². The molecule has 0 saturated carbocycles. The van der Waals surface area contributed by atoms with Gasteiger partial charge < -0.3 is 14.8 Å². The van der Waals surface area contributed by atoms with Crippen molar-refractivity contribution in [1.29, 1.82) is 0 Å². The number of aryl methyl sites for hydroxylation is 2. The third-order valence-electron chi connectivity index (χ3n) is 4.88. The van der Waals surface area contributed by atoms with E-state index in [2.05, 4.69) is 5.32 Å². The van der Waals surface area contributed by atoms with Gasteiger partial charge in [0.1, 0.15) is 6.61 Å². The van der Waals surface area contributed by atoms with Crippen molar-refractivity contribution < 1.29 is 28.7 Å². The summed E-state index contributed by atoms with van der Waals surface area (Å²) in [5.41, 5.74) is 2.78. The molecule has 0 aliphatic carbocycles. The largest absolute Gasteiger partial charge is 0.458 e. The van der Waals surface area contributed by atoms with Crippen molar-refractivity contribution >= 4 is 29.6 Å². The third-order valence-corrected chi connectivity index (χ3v) is 4.88. The molecule has 0 bridgehead atoms. The van der Waals surface area contributed by atoms with E-state index in [1.54, 1.807) is 6.07 Å². The fraction of sp³-hybridized carbons (Fsp3) is 0.238. The standard InChI is InChI=1S/C21H18N2O6/c1-11-3-4-12(2)17(7-11)23-18(24)15-6-5-13(8-16(15)19(23)25)20(26)28-10-14-9-22-21(27)29-14/h3-8,14H,9-10H2,1-2H3,(H,22,27)/t14-/m0/s1. The minimum absolute atomic E-state index is 0.101. The van der Waals surface area contributed by atoms with Crippen LogP contribution < -0.4 is 10.2 Å². The predicted octanol–water partition coefficient (Wildman–Crippen LogP) is 2.37. The van der Waals surface area contributed by atoms with E-state index in [0.717, 1.165) is 16.0 Å². The first-order chi connectivity index (χ1) is 13.8. The number of esters is 1. The summed E-state index contributed by atoms with van der Waals surface area (Å²) in [4.78, 5) is 50.2. The highest BCUT2D eigenvalue weighted by Gasteiger charge is 2.38. The summed E-state index contributed by atoms with van der Waals surface area (Å²) in [5.74, 6) is -1.58. The lowest BCUT2D eigenvalue weighted by atomic mass is 10.1. The number of carbonyl (C=O) groups excluding carboxylic acids is 4. The number of rotatable bonds is 4. The molecule has 1 atom stereocenters. The summed E-state index contributed by atoms with van der Waals surface area (Å²) in [5, 5.41) is 2.47. The number of benzene rings is 2. The molecule has 0 radical (unpaired) electrons. The second-order valence-electron chi connectivity index (χ2n) is 7.00. The lowest BCUT2D eigenvalue weighted by Gasteiger charge is -2.17. The van der Waals surface area contributed by atoms with Crippen molar-refractivity contribution in [3.05, 3.63) is 64.2 Å². The maximum atomic E-state index is 12.9. The molecule has 2 aliphatic heterocycles. The zero-order valence-corrected chi connectivity index (χ0v) is 15.9. The van der Waals surface area contributed by atoms with Crippen LogP contribution in [0, 0.1) is 13.8 Å². The number of fused-ring (bicyclic) bond motifs is 1. The number of carbonyl (C=O) groups is 4. The van der Waals surface area contributed by atoms with Crippen molar-refractivity contribution in [3.63, 3.8) is 0 Å². The van der Waals surface area contributed by atoms with Gasteiger partial charge in [-0.25, -0.2) is 14.5 Å². The minimum Gasteiger partial charge on any atom is -0.458 e. The first-order valence-electron chi connectivity index (χ1n) is 9.07. The molecule has 0 spiro atoms. The summed E-state index contributed by atoms with van der Waals surface area (Å²) in [6.45, 7) is 3.86. The van der Waals surface area contributed by atoms with E-state index >= 15 is 0 Å². The molecule has 2 heterocycles. The molecule has 3 amide bonds. The Bertz CT molecular complexity index is 1060. The highest BCUT2D eigenvalue weighted by molar-refractivity contribution is 6.35. The van der Waals surface area contributed by atoms with Crippen LogP contribution in [0.25, 0.3) is 0 Å². The molecule has 1 fully saturated rings. The van der Waals surface area contributed by atoms with Crippen molar-refractivity contribution in [2.75, 3.05) is 18.1 Å². The first-order valence-corrected chi connectivity index (χ1v) is 9.07. The van der Waals surface area contributed by atoms with Gasteiger partial charge in [0.25, 0.3) is 11.8 Å². The van der Waals surface area contributed by atoms with Gasteiger partial charge in [-0.15, -0.1) is 0 Å². The topological polar surface area (TPSA) is 102 Å². The number of hydrogen-bond donors (Lipinski definition) is 1. The average Bonchev–Trinajstić information content (AvgIpc) is 3.23. The second-order valence-corrected chi connectivity index (χ2v) is 7.00. The van der Waals surface area contributed by atoms with Crippen LogP contribution in [0.2, 0.25) is 0 Å². The molecule has 8 heteroatoms. The summed E-state index contributed by atoms with van der Waals surface area (Å²) in [6, 6.07) is 9.79. The predicted molar refractivity (Wildman–Crippen MR) is 102 cm³/mol. The molecule has 8 nitrogen and oxygen atoms in total. The molecular formula is C21H18N2O6. The van der Waals surface area contributed by atoms with Gasteiger partial charge in [0.2, 0.25) is 0 Å². The van der Waals surface area contributed by atoms with E-state index in [-0.39, 0.29) is 29.8 Å². The molecule has 0 unspecified atom stereocenters. The second kappa shape index (κ2) is 7.05. The van der Waals surface area contributed by atoms with Gasteiger partial charge in [0, 0.05) is 0 Å². The third kappa shape index (κ3) is 3.33. The van der Waals surface area contributed by atoms with Crippen LogP contribution in [0.4, 0.5) is 10.5 Å². The zero-order chi connectivity index (χ0) is 20.7. The van der Waals surface area contributed by atoms with Crippen LogP contribution in [-0.2, 0) is 9.47 Å². The van der Waals surface area contributed by atoms with E-state index in [9.17, 15) is 19.2 Å². The number of cyclic esters (lactones) is 1. The van der Waals surface area contributed by atoms with E-state index in [4.69, 9.17) is 9.47 Å². The number of anilines is 1. The maximum absolute atomic E-state index is 12.9. The Kier molecular flexibility index (Phi) is 4.54. The Morgan fingerprint density at radius 3 is 2.59 bits per heavy atom. The van der Waals surface area contributed by atoms with Gasteiger partial charge in [-0.1, -0.05) is 12.1 Å². The fourth-order valence-corrected chi connectivity index (χ4v) is 3.32. The van der Waals surface area contributed by atoms with E-state index in [1.807, 2.05) is 26.0 Å². The van der Waals surface area contributed by atoms with E-state index in [1.165, 1.54) is 18.2 Å². The smallest absolute Gasteiger partial charge is 0.407 e. The number of imide groups is 1. The van der Waals surface area contributed by atoms with Gasteiger partial charge in [0.15, 0.2) is 6.10 Å². The highest BCUT2D eigenvalue weighted by atomic mass is 16.6. The van der Waals surface area contributed by atoms with Crippen molar-refractivity contribution in [1.82, 2.24) is 5.32 Å². The maximum Gasteiger partial charge on any atom is 0.407 e. The number of hydrogen-bond acceptors (Lipinski definition) is 6. The first kappa shape index (κ1) is 18.7. The SMILES string of the molecule is Cc1ccc(C)c(N2C(=O)c3ccc(C(=O)OC[C@@H]4CNC(=O)O4)cc3C2=O)c1. The number of nitrogens with one attached hydrogen (secondary N) is 1. The molecule has 1 saturated heterocycles. The fourth-order valence-electron chi connectivity index (χ4n) is 3.32. The Hall–Kier alpha value is -3.68. The van der Waals surface area contributed by atoms with Crippen molar-refractivity contribution in [3.8, 4) is 0 Å². The Labute approximate surface area is 166 Å². The molecule has 4 rings (SSSR count). The molecule has 2 aromatic rings. The molecule has 29 heavy (non-hydrogen) atoms. The average molecular weight is 394 g/mol. The van der Waals surface area contributed by atoms with Crippen molar-refractivity contribution in [2.24, 2.45) is 0 Å². The molecule has 2 aromatic carbocycles. The normalized spacial score (nSPS) is 17.8. The van der Waals surface area contributed by atoms with Gasteiger partial charge in [-0.3, -0.25) is 9.59 Å². The van der Waals surface area contributed by atoms with Crippen LogP contribution in [0.3, 0.4) is 0 Å².